The second kappa shape index (κ2) is 27.6. The van der Waals surface area contributed by atoms with Crippen molar-refractivity contribution in [2.75, 3.05) is 145 Å². The van der Waals surface area contributed by atoms with Gasteiger partial charge in [-0.05, 0) is 67.9 Å². The standard InChI is InChI=1S/C17H26N2.C16H33NO5.C13H24N4/c1-17(2,3)19-14-12-18(13-15-19)11-7-10-16-8-5-4-6-9-16;1-16(2,3)17-4-6-18-8-10-20-12-14-22-15-13-21-11-9-19-7-5-17;1-13(2,3)17-10-8-15(9-11-17)6-7-16-5-4-14-12-16/h4-10H,11-15H2,1-3H3;4-15H2,1-3H3;4-5,12H,6-11H2,1-3H3/b10-7+;;. The van der Waals surface area contributed by atoms with Crippen LogP contribution in [0, 0.1) is 0 Å². The molecule has 1 aromatic heterocycles. The molecule has 0 aliphatic carbocycles. The minimum atomic E-state index is 0.109. The minimum Gasteiger partial charge on any atom is -0.378 e. The molecule has 0 amide bonds. The third-order valence-electron chi connectivity index (χ3n) is 10.8. The lowest BCUT2D eigenvalue weighted by Crippen LogP contribution is -2.53. The fraction of sp³-hybridized carbons (Fsp3) is 0.761. The Morgan fingerprint density at radius 2 is 0.914 bits per heavy atom. The van der Waals surface area contributed by atoms with E-state index in [4.69, 9.17) is 23.7 Å². The molecule has 0 unspecified atom stereocenters. The van der Waals surface area contributed by atoms with Crippen LogP contribution in [0.15, 0.2) is 55.1 Å². The lowest BCUT2D eigenvalue weighted by Gasteiger charge is -2.42. The topological polar surface area (TPSA) is 80.2 Å². The van der Waals surface area contributed by atoms with E-state index in [1.54, 1.807) is 0 Å². The molecule has 0 radical (unpaired) electrons. The number of ether oxygens (including phenoxy) is 5. The summed E-state index contributed by atoms with van der Waals surface area (Å²) in [6.07, 6.45) is 10.3. The Kier molecular flexibility index (Phi) is 23.8. The quantitative estimate of drug-likeness (QED) is 0.366. The minimum absolute atomic E-state index is 0.109. The van der Waals surface area contributed by atoms with Crippen LogP contribution in [0.3, 0.4) is 0 Å². The molecule has 0 bridgehead atoms. The number of aromatic nitrogens is 2. The zero-order chi connectivity index (χ0) is 42.1. The molecule has 12 nitrogen and oxygen atoms in total. The van der Waals surface area contributed by atoms with Crippen LogP contribution in [0.4, 0.5) is 0 Å². The zero-order valence-electron chi connectivity index (χ0n) is 38.2. The number of rotatable bonds is 6. The van der Waals surface area contributed by atoms with Crippen molar-refractivity contribution in [1.82, 2.24) is 34.1 Å². The van der Waals surface area contributed by atoms with E-state index in [0.717, 1.165) is 32.7 Å². The Hall–Kier alpha value is -2.23. The number of imidazole rings is 1. The summed E-state index contributed by atoms with van der Waals surface area (Å²) in [4.78, 5) is 16.7. The van der Waals surface area contributed by atoms with Gasteiger partial charge in [0.2, 0.25) is 0 Å². The first kappa shape index (κ1) is 50.1. The predicted molar refractivity (Wildman–Crippen MR) is 239 cm³/mol. The van der Waals surface area contributed by atoms with E-state index in [1.165, 1.54) is 57.9 Å². The average Bonchev–Trinajstić information content (AvgIpc) is 3.71. The van der Waals surface area contributed by atoms with Crippen molar-refractivity contribution in [1.29, 1.82) is 0 Å². The molecular formula is C46H83N7O5. The highest BCUT2D eigenvalue weighted by atomic mass is 16.6. The van der Waals surface area contributed by atoms with Gasteiger partial charge in [0.25, 0.3) is 0 Å². The molecule has 3 fully saturated rings. The Labute approximate surface area is 353 Å². The van der Waals surface area contributed by atoms with Crippen LogP contribution in [-0.2, 0) is 30.2 Å². The highest BCUT2D eigenvalue weighted by Crippen LogP contribution is 2.17. The molecule has 1 aromatic carbocycles. The van der Waals surface area contributed by atoms with E-state index in [0.29, 0.717) is 77.1 Å². The Balaban J connectivity index is 0.000000234. The van der Waals surface area contributed by atoms with Crippen LogP contribution >= 0.6 is 0 Å². The third-order valence-corrected chi connectivity index (χ3v) is 10.8. The van der Waals surface area contributed by atoms with Crippen molar-refractivity contribution < 1.29 is 23.7 Å². The van der Waals surface area contributed by atoms with Crippen LogP contribution < -0.4 is 0 Å². The number of nitrogens with zero attached hydrogens (tertiary/aromatic N) is 7. The lowest BCUT2D eigenvalue weighted by atomic mass is 10.1. The summed E-state index contributed by atoms with van der Waals surface area (Å²) >= 11 is 0. The van der Waals surface area contributed by atoms with Gasteiger partial charge in [0.15, 0.2) is 0 Å². The van der Waals surface area contributed by atoms with Crippen LogP contribution in [-0.4, -0.2) is 195 Å². The number of benzene rings is 1. The second-order valence-electron chi connectivity index (χ2n) is 18.3. The average molecular weight is 814 g/mol. The molecule has 58 heavy (non-hydrogen) atoms. The highest BCUT2D eigenvalue weighted by molar-refractivity contribution is 5.48. The molecule has 2 aromatic rings. The maximum atomic E-state index is 5.64. The maximum absolute atomic E-state index is 5.64. The van der Waals surface area contributed by atoms with Crippen molar-refractivity contribution in [3.8, 4) is 0 Å². The molecule has 0 spiro atoms. The summed E-state index contributed by atoms with van der Waals surface area (Å²) in [6.45, 7) is 41.2. The molecule has 0 atom stereocenters. The summed E-state index contributed by atoms with van der Waals surface area (Å²) < 4.78 is 29.7. The van der Waals surface area contributed by atoms with Crippen molar-refractivity contribution in [3.63, 3.8) is 0 Å². The molecule has 0 N–H and O–H groups in total. The summed E-state index contributed by atoms with van der Waals surface area (Å²) in [5.41, 5.74) is 2.02. The summed E-state index contributed by atoms with van der Waals surface area (Å²) in [6, 6.07) is 10.5. The maximum Gasteiger partial charge on any atom is 0.0946 e. The van der Waals surface area contributed by atoms with Gasteiger partial charge in [0, 0.05) is 114 Å². The van der Waals surface area contributed by atoms with Crippen LogP contribution in [0.5, 0.6) is 0 Å². The molecule has 3 aliphatic heterocycles. The monoisotopic (exact) mass is 814 g/mol. The zero-order valence-corrected chi connectivity index (χ0v) is 38.2. The number of hydrogen-bond donors (Lipinski definition) is 0. The van der Waals surface area contributed by atoms with Gasteiger partial charge in [-0.25, -0.2) is 4.98 Å². The fourth-order valence-electron chi connectivity index (χ4n) is 6.94. The lowest BCUT2D eigenvalue weighted by molar-refractivity contribution is -0.0248. The van der Waals surface area contributed by atoms with E-state index in [1.807, 2.05) is 18.7 Å². The first-order valence-electron chi connectivity index (χ1n) is 22.0. The predicted octanol–water partition coefficient (Wildman–Crippen LogP) is 5.60. The normalized spacial score (nSPS) is 21.0. The molecule has 4 heterocycles. The van der Waals surface area contributed by atoms with E-state index in [2.05, 4.69) is 139 Å². The molecule has 3 saturated heterocycles. The van der Waals surface area contributed by atoms with Gasteiger partial charge in [0.1, 0.15) is 0 Å². The number of piperazine rings is 2. The molecule has 5 rings (SSSR count). The largest absolute Gasteiger partial charge is 0.378 e. The fourth-order valence-corrected chi connectivity index (χ4v) is 6.94. The van der Waals surface area contributed by atoms with Crippen molar-refractivity contribution >= 4 is 6.08 Å². The third kappa shape index (κ3) is 22.4. The van der Waals surface area contributed by atoms with Crippen LogP contribution in [0.1, 0.15) is 67.9 Å². The van der Waals surface area contributed by atoms with Gasteiger partial charge in [-0.2, -0.15) is 0 Å². The molecule has 0 saturated carbocycles. The first-order valence-corrected chi connectivity index (χ1v) is 22.0. The smallest absolute Gasteiger partial charge is 0.0946 e. The van der Waals surface area contributed by atoms with Crippen molar-refractivity contribution in [2.24, 2.45) is 0 Å². The Morgan fingerprint density at radius 3 is 1.33 bits per heavy atom. The van der Waals surface area contributed by atoms with E-state index in [-0.39, 0.29) is 5.54 Å². The van der Waals surface area contributed by atoms with E-state index >= 15 is 0 Å². The van der Waals surface area contributed by atoms with Gasteiger partial charge < -0.3 is 28.3 Å². The molecule has 332 valence electrons. The van der Waals surface area contributed by atoms with Crippen molar-refractivity contribution in [2.45, 2.75) is 85.5 Å². The Morgan fingerprint density at radius 1 is 0.500 bits per heavy atom. The molecule has 3 aliphatic rings. The Bertz CT molecular complexity index is 1280. The van der Waals surface area contributed by atoms with Gasteiger partial charge in [-0.15, -0.1) is 0 Å². The van der Waals surface area contributed by atoms with Gasteiger partial charge in [-0.3, -0.25) is 24.5 Å². The van der Waals surface area contributed by atoms with Gasteiger partial charge in [-0.1, -0.05) is 42.5 Å². The molecule has 12 heteroatoms. The van der Waals surface area contributed by atoms with E-state index in [9.17, 15) is 0 Å². The summed E-state index contributed by atoms with van der Waals surface area (Å²) in [5.74, 6) is 0. The van der Waals surface area contributed by atoms with Crippen LogP contribution in [0.2, 0.25) is 0 Å². The van der Waals surface area contributed by atoms with E-state index < -0.39 is 0 Å². The van der Waals surface area contributed by atoms with Crippen LogP contribution in [0.25, 0.3) is 6.08 Å². The van der Waals surface area contributed by atoms with Gasteiger partial charge >= 0.3 is 0 Å². The van der Waals surface area contributed by atoms with Gasteiger partial charge in [0.05, 0.1) is 72.4 Å². The number of hydrogen-bond acceptors (Lipinski definition) is 11. The first-order chi connectivity index (χ1) is 27.7. The summed E-state index contributed by atoms with van der Waals surface area (Å²) in [5, 5.41) is 0. The molecular weight excluding hydrogens is 731 g/mol. The van der Waals surface area contributed by atoms with Crippen molar-refractivity contribution in [3.05, 3.63) is 60.7 Å². The summed E-state index contributed by atoms with van der Waals surface area (Å²) in [7, 11) is 0. The second-order valence-corrected chi connectivity index (χ2v) is 18.3. The SMILES string of the molecule is CC(C)(C)N1CCN(C/C=C/c2ccccc2)CC1.CC(C)(C)N1CCN(CCn2ccnc2)CC1.CC(C)(C)N1CCOCCOCCOCCOCCOCC1. The highest BCUT2D eigenvalue weighted by Gasteiger charge is 2.26.